The number of nitrogens with zero attached hydrogens (tertiary/aromatic N) is 3. The molecule has 0 spiro atoms. The molecule has 9 nitrogen and oxygen atoms in total. The van der Waals surface area contributed by atoms with Gasteiger partial charge in [-0.3, -0.25) is 4.79 Å². The summed E-state index contributed by atoms with van der Waals surface area (Å²) < 4.78 is 48.3. The molecule has 0 bridgehead atoms. The standard InChI is InChI=1S/C17H19N3O4.C2HF3O2/c1-12-6-14(19-24-12)16(21)20-7-13-8-22-10-17(13,9-20)11-23-15-4-2-3-5-18-15;3-2(4,5)1(6)7/h2-6,13H,7-11H2,1H3;(H,6,7)/t13-,17+;/m1./s1. The zero-order chi connectivity index (χ0) is 22.6. The highest BCUT2D eigenvalue weighted by Gasteiger charge is 2.53. The monoisotopic (exact) mass is 443 g/mol. The number of hydrogen-bond donors (Lipinski definition) is 1. The van der Waals surface area contributed by atoms with Gasteiger partial charge >= 0.3 is 12.1 Å². The summed E-state index contributed by atoms with van der Waals surface area (Å²) in [6, 6.07) is 7.24. The van der Waals surface area contributed by atoms with Crippen molar-refractivity contribution in [3.63, 3.8) is 0 Å². The Labute approximate surface area is 174 Å². The number of alkyl halides is 3. The lowest BCUT2D eigenvalue weighted by Gasteiger charge is -2.26. The third-order valence-electron chi connectivity index (χ3n) is 5.04. The van der Waals surface area contributed by atoms with Gasteiger partial charge in [-0.2, -0.15) is 13.2 Å². The van der Waals surface area contributed by atoms with Gasteiger partial charge in [-0.05, 0) is 13.0 Å². The predicted octanol–water partition coefficient (Wildman–Crippen LogP) is 2.18. The molecule has 1 amide bonds. The lowest BCUT2D eigenvalue weighted by atomic mass is 9.82. The van der Waals surface area contributed by atoms with Crippen LogP contribution in [0.5, 0.6) is 5.88 Å². The van der Waals surface area contributed by atoms with E-state index < -0.39 is 12.1 Å². The number of carboxylic acids is 1. The SMILES string of the molecule is Cc1cc(C(=O)N2C[C@@H]3COC[C@]3(COc3ccccn3)C2)no1.O=C(O)C(F)(F)F. The fourth-order valence-corrected chi connectivity index (χ4v) is 3.47. The molecule has 4 rings (SSSR count). The number of aryl methyl sites for hydroxylation is 1. The van der Waals surface area contributed by atoms with Crippen molar-refractivity contribution in [2.45, 2.75) is 13.1 Å². The van der Waals surface area contributed by atoms with Gasteiger partial charge in [-0.25, -0.2) is 9.78 Å². The number of fused-ring (bicyclic) bond motifs is 1. The van der Waals surface area contributed by atoms with Crippen LogP contribution < -0.4 is 4.74 Å². The molecule has 4 heterocycles. The van der Waals surface area contributed by atoms with E-state index >= 15 is 0 Å². The molecular formula is C19H20F3N3O6. The highest BCUT2D eigenvalue weighted by Crippen LogP contribution is 2.42. The number of likely N-dealkylation sites (tertiary alicyclic amines) is 1. The van der Waals surface area contributed by atoms with Crippen molar-refractivity contribution in [3.05, 3.63) is 41.9 Å². The zero-order valence-corrected chi connectivity index (χ0v) is 16.5. The average Bonchev–Trinajstić information content (AvgIpc) is 3.40. The minimum absolute atomic E-state index is 0.0986. The molecule has 12 heteroatoms. The molecule has 1 N–H and O–H groups in total. The van der Waals surface area contributed by atoms with Gasteiger partial charge in [0.1, 0.15) is 5.76 Å². The van der Waals surface area contributed by atoms with Crippen molar-refractivity contribution in [1.82, 2.24) is 15.0 Å². The Morgan fingerprint density at radius 3 is 2.71 bits per heavy atom. The lowest BCUT2D eigenvalue weighted by Crippen LogP contribution is -2.38. The molecule has 0 unspecified atom stereocenters. The van der Waals surface area contributed by atoms with Crippen LogP contribution >= 0.6 is 0 Å². The number of pyridine rings is 1. The van der Waals surface area contributed by atoms with Crippen LogP contribution in [0.3, 0.4) is 0 Å². The lowest BCUT2D eigenvalue weighted by molar-refractivity contribution is -0.192. The molecule has 0 aliphatic carbocycles. The number of amides is 1. The molecule has 2 aliphatic heterocycles. The summed E-state index contributed by atoms with van der Waals surface area (Å²) in [5.41, 5.74) is 0.167. The maximum Gasteiger partial charge on any atom is 0.490 e. The number of rotatable bonds is 4. The maximum absolute atomic E-state index is 12.6. The Bertz CT molecular complexity index is 920. The van der Waals surface area contributed by atoms with E-state index in [9.17, 15) is 18.0 Å². The smallest absolute Gasteiger partial charge is 0.477 e. The van der Waals surface area contributed by atoms with Crippen LogP contribution in [0.25, 0.3) is 0 Å². The van der Waals surface area contributed by atoms with Crippen LogP contribution in [0, 0.1) is 18.3 Å². The van der Waals surface area contributed by atoms with Crippen molar-refractivity contribution < 1.29 is 41.9 Å². The van der Waals surface area contributed by atoms with Crippen LogP contribution in [-0.2, 0) is 9.53 Å². The van der Waals surface area contributed by atoms with Gasteiger partial charge < -0.3 is 24.0 Å². The van der Waals surface area contributed by atoms with Crippen molar-refractivity contribution in [3.8, 4) is 5.88 Å². The highest BCUT2D eigenvalue weighted by molar-refractivity contribution is 5.92. The Balaban J connectivity index is 0.000000339. The Hall–Kier alpha value is -3.15. The fourth-order valence-electron chi connectivity index (χ4n) is 3.47. The summed E-state index contributed by atoms with van der Waals surface area (Å²) in [5, 5.41) is 11.0. The van der Waals surface area contributed by atoms with Gasteiger partial charge in [0.25, 0.3) is 5.91 Å². The summed E-state index contributed by atoms with van der Waals surface area (Å²) in [6.45, 7) is 4.74. The number of aromatic nitrogens is 2. The van der Waals surface area contributed by atoms with E-state index in [0.29, 0.717) is 50.2 Å². The summed E-state index contributed by atoms with van der Waals surface area (Å²) in [6.07, 6.45) is -3.38. The van der Waals surface area contributed by atoms with Gasteiger partial charge in [0.15, 0.2) is 5.69 Å². The first-order valence-corrected chi connectivity index (χ1v) is 9.25. The second-order valence-electron chi connectivity index (χ2n) is 7.34. The summed E-state index contributed by atoms with van der Waals surface area (Å²) in [4.78, 5) is 27.5. The molecule has 2 aliphatic rings. The Kier molecular flexibility index (Phi) is 6.48. The minimum Gasteiger partial charge on any atom is -0.477 e. The number of aliphatic carboxylic acids is 1. The molecule has 31 heavy (non-hydrogen) atoms. The quantitative estimate of drug-likeness (QED) is 0.765. The van der Waals surface area contributed by atoms with Gasteiger partial charge in [0.2, 0.25) is 5.88 Å². The third-order valence-corrected chi connectivity index (χ3v) is 5.04. The van der Waals surface area contributed by atoms with E-state index in [2.05, 4.69) is 10.1 Å². The molecule has 168 valence electrons. The van der Waals surface area contributed by atoms with Crippen molar-refractivity contribution in [2.75, 3.05) is 32.9 Å². The van der Waals surface area contributed by atoms with E-state index in [1.54, 1.807) is 19.2 Å². The van der Waals surface area contributed by atoms with E-state index in [-0.39, 0.29) is 17.2 Å². The normalized spacial score (nSPS) is 22.5. The summed E-state index contributed by atoms with van der Waals surface area (Å²) in [5.74, 6) is -1.37. The second-order valence-corrected chi connectivity index (χ2v) is 7.34. The van der Waals surface area contributed by atoms with Gasteiger partial charge in [-0.1, -0.05) is 11.2 Å². The Morgan fingerprint density at radius 2 is 2.13 bits per heavy atom. The molecule has 2 aromatic rings. The third kappa shape index (κ3) is 5.32. The van der Waals surface area contributed by atoms with Crippen molar-refractivity contribution >= 4 is 11.9 Å². The molecular weight excluding hydrogens is 423 g/mol. The first-order chi connectivity index (χ1) is 14.6. The minimum atomic E-state index is -5.08. The van der Waals surface area contributed by atoms with Gasteiger partial charge in [0, 0.05) is 37.3 Å². The number of carbonyl (C=O) groups is 2. The van der Waals surface area contributed by atoms with Gasteiger partial charge in [0.05, 0.1) is 25.2 Å². The average molecular weight is 443 g/mol. The first-order valence-electron chi connectivity index (χ1n) is 9.25. The Morgan fingerprint density at radius 1 is 1.39 bits per heavy atom. The number of hydrogen-bond acceptors (Lipinski definition) is 7. The fraction of sp³-hybridized carbons (Fsp3) is 0.474. The number of carboxylic acid groups (broad SMARTS) is 1. The van der Waals surface area contributed by atoms with Crippen molar-refractivity contribution in [2.24, 2.45) is 11.3 Å². The van der Waals surface area contributed by atoms with E-state index in [1.165, 1.54) is 0 Å². The molecule has 2 aromatic heterocycles. The zero-order valence-electron chi connectivity index (χ0n) is 16.5. The van der Waals surface area contributed by atoms with E-state index in [0.717, 1.165) is 0 Å². The predicted molar refractivity (Wildman–Crippen MR) is 97.3 cm³/mol. The van der Waals surface area contributed by atoms with Crippen LogP contribution in [-0.4, -0.2) is 71.1 Å². The van der Waals surface area contributed by atoms with Crippen LogP contribution in [0.1, 0.15) is 16.2 Å². The number of ether oxygens (including phenoxy) is 2. The highest BCUT2D eigenvalue weighted by atomic mass is 19.4. The second kappa shape index (κ2) is 8.92. The van der Waals surface area contributed by atoms with Gasteiger partial charge in [-0.15, -0.1) is 0 Å². The van der Waals surface area contributed by atoms with Crippen LogP contribution in [0.2, 0.25) is 0 Å². The van der Waals surface area contributed by atoms with Crippen LogP contribution in [0.4, 0.5) is 13.2 Å². The number of carbonyl (C=O) groups excluding carboxylic acids is 1. The van der Waals surface area contributed by atoms with E-state index in [1.807, 2.05) is 23.1 Å². The summed E-state index contributed by atoms with van der Waals surface area (Å²) in [7, 11) is 0. The maximum atomic E-state index is 12.6. The molecule has 2 saturated heterocycles. The van der Waals surface area contributed by atoms with E-state index in [4.69, 9.17) is 23.9 Å². The molecule has 0 aromatic carbocycles. The van der Waals surface area contributed by atoms with Crippen molar-refractivity contribution in [1.29, 1.82) is 0 Å². The topological polar surface area (TPSA) is 115 Å². The molecule has 2 fully saturated rings. The largest absolute Gasteiger partial charge is 0.490 e. The summed E-state index contributed by atoms with van der Waals surface area (Å²) >= 11 is 0. The first kappa shape index (κ1) is 22.5. The van der Waals surface area contributed by atoms with Crippen LogP contribution in [0.15, 0.2) is 35.0 Å². The molecule has 0 saturated carbocycles. The molecule has 0 radical (unpaired) electrons. The number of halogens is 3. The molecule has 2 atom stereocenters.